The molecule has 2 aliphatic rings. The molecule has 3 aromatic rings. The van der Waals surface area contributed by atoms with Crippen LogP contribution in [0, 0.1) is 34.1 Å². The summed E-state index contributed by atoms with van der Waals surface area (Å²) in [4.78, 5) is 21.3. The van der Waals surface area contributed by atoms with Crippen molar-refractivity contribution in [3.05, 3.63) is 114 Å². The van der Waals surface area contributed by atoms with Crippen molar-refractivity contribution in [2.45, 2.75) is 34.3 Å². The standard InChI is InChI=1S/C26H23BF2N4O5/c1-15-11-17(3)30-25(15)24(26-16(2)12-18(4)31(26)27(30,28)29)21-7-5-6-8-23(21)38-14-19-9-10-20(32(34)35)13-22(19)33(36)37/h5-13H,14H2,1-4H3. The highest BCUT2D eigenvalue weighted by atomic mass is 19.2. The molecule has 0 N–H and O–H groups in total. The molecule has 0 fully saturated rings. The molecule has 0 amide bonds. The molecule has 0 bridgehead atoms. The third kappa shape index (κ3) is 3.71. The van der Waals surface area contributed by atoms with Crippen LogP contribution >= 0.6 is 0 Å². The number of nitrogens with zero attached hydrogens (tertiary/aromatic N) is 4. The molecule has 0 aliphatic carbocycles. The third-order valence-electron chi connectivity index (χ3n) is 6.95. The Labute approximate surface area is 216 Å². The average molecular weight is 520 g/mol. The minimum absolute atomic E-state index is 0.143. The number of rotatable bonds is 6. The highest BCUT2D eigenvalue weighted by molar-refractivity contribution is 6.58. The first-order chi connectivity index (χ1) is 17.9. The zero-order chi connectivity index (χ0) is 27.5. The number of nitro benzene ring substituents is 2. The summed E-state index contributed by atoms with van der Waals surface area (Å²) >= 11 is 0. The summed E-state index contributed by atoms with van der Waals surface area (Å²) in [5.74, 6) is 0.336. The van der Waals surface area contributed by atoms with Gasteiger partial charge in [0.1, 0.15) is 18.1 Å². The first-order valence-corrected chi connectivity index (χ1v) is 11.8. The second-order valence-electron chi connectivity index (χ2n) is 9.45. The van der Waals surface area contributed by atoms with Crippen LogP contribution in [0.1, 0.15) is 41.9 Å². The Morgan fingerprint density at radius 1 is 1.00 bits per heavy atom. The maximum atomic E-state index is 15.9. The van der Waals surface area contributed by atoms with E-state index in [1.54, 1.807) is 64.1 Å². The molecule has 38 heavy (non-hydrogen) atoms. The van der Waals surface area contributed by atoms with Crippen molar-refractivity contribution in [3.63, 3.8) is 0 Å². The van der Waals surface area contributed by atoms with Crippen molar-refractivity contribution in [1.29, 1.82) is 0 Å². The van der Waals surface area contributed by atoms with E-state index in [1.807, 2.05) is 0 Å². The van der Waals surface area contributed by atoms with E-state index >= 15 is 8.63 Å². The number of aromatic nitrogens is 1. The van der Waals surface area contributed by atoms with Gasteiger partial charge < -0.3 is 22.3 Å². The average Bonchev–Trinajstić information content (AvgIpc) is 3.33. The van der Waals surface area contributed by atoms with E-state index in [9.17, 15) is 20.2 Å². The van der Waals surface area contributed by atoms with Gasteiger partial charge in [-0.05, 0) is 50.2 Å². The summed E-state index contributed by atoms with van der Waals surface area (Å²) in [6.07, 6.45) is 1.73. The van der Waals surface area contributed by atoms with Gasteiger partial charge in [0.25, 0.3) is 11.4 Å². The van der Waals surface area contributed by atoms with E-state index in [0.29, 0.717) is 50.8 Å². The number of fused-ring (bicyclic) bond motifs is 2. The fourth-order valence-electron chi connectivity index (χ4n) is 5.47. The number of hydrogen-bond acceptors (Lipinski definition) is 5. The van der Waals surface area contributed by atoms with Gasteiger partial charge in [-0.3, -0.25) is 20.2 Å². The van der Waals surface area contributed by atoms with Gasteiger partial charge in [-0.2, -0.15) is 0 Å². The fourth-order valence-corrected chi connectivity index (χ4v) is 5.47. The Hall–Kier alpha value is -4.61. The van der Waals surface area contributed by atoms with Gasteiger partial charge in [-0.25, -0.2) is 0 Å². The van der Waals surface area contributed by atoms with Gasteiger partial charge >= 0.3 is 6.97 Å². The molecule has 5 rings (SSSR count). The van der Waals surface area contributed by atoms with Crippen LogP contribution in [0.15, 0.2) is 65.9 Å². The summed E-state index contributed by atoms with van der Waals surface area (Å²) in [5.41, 5.74) is 3.42. The molecular formula is C26H23BF2N4O5. The number of benzene rings is 2. The Bertz CT molecular complexity index is 1650. The van der Waals surface area contributed by atoms with Gasteiger partial charge in [-0.1, -0.05) is 18.2 Å². The summed E-state index contributed by atoms with van der Waals surface area (Å²) in [6.45, 7) is 2.48. The van der Waals surface area contributed by atoms with Crippen LogP contribution in [0.4, 0.5) is 20.0 Å². The van der Waals surface area contributed by atoms with Crippen molar-refractivity contribution in [2.24, 2.45) is 0 Å². The summed E-state index contributed by atoms with van der Waals surface area (Å²) in [5, 5.41) is 22.7. The number of allylic oxidation sites excluding steroid dienone is 2. The maximum Gasteiger partial charge on any atom is 0.737 e. The molecule has 0 atom stereocenters. The first kappa shape index (κ1) is 25.1. The minimum Gasteiger partial charge on any atom is -0.488 e. The molecule has 0 spiro atoms. The lowest BCUT2D eigenvalue weighted by Crippen LogP contribution is -2.51. The number of hydrogen-bond donors (Lipinski definition) is 0. The maximum absolute atomic E-state index is 15.9. The first-order valence-electron chi connectivity index (χ1n) is 11.8. The molecule has 0 saturated carbocycles. The van der Waals surface area contributed by atoms with Crippen molar-refractivity contribution < 1.29 is 27.7 Å². The highest BCUT2D eigenvalue weighted by Gasteiger charge is 2.55. The largest absolute Gasteiger partial charge is 0.737 e. The molecule has 2 aliphatic heterocycles. The topological polar surface area (TPSA) is 103 Å². The molecule has 0 saturated heterocycles. The Kier molecular flexibility index (Phi) is 5.77. The van der Waals surface area contributed by atoms with Crippen molar-refractivity contribution in [3.8, 4) is 5.75 Å². The zero-order valence-corrected chi connectivity index (χ0v) is 21.1. The Balaban J connectivity index is 1.66. The second kappa shape index (κ2) is 8.75. The van der Waals surface area contributed by atoms with Crippen LogP contribution in [-0.4, -0.2) is 31.5 Å². The SMILES string of the molecule is CC1=CC(C)=[N+]2C1=C(c1ccccc1OCc1ccc([N+](=O)[O-])cc1[N+](=O)[O-])c1c(C)cc(C)n1[B-]2(F)F. The van der Waals surface area contributed by atoms with E-state index in [1.165, 1.54) is 12.1 Å². The van der Waals surface area contributed by atoms with Crippen LogP contribution in [0.5, 0.6) is 5.75 Å². The molecule has 0 radical (unpaired) electrons. The number of ether oxygens (including phenoxy) is 1. The zero-order valence-electron chi connectivity index (χ0n) is 21.1. The molecule has 0 unspecified atom stereocenters. The van der Waals surface area contributed by atoms with Gasteiger partial charge in [0.05, 0.1) is 27.0 Å². The smallest absolute Gasteiger partial charge is 0.488 e. The molecule has 2 aromatic carbocycles. The molecular weight excluding hydrogens is 497 g/mol. The summed E-state index contributed by atoms with van der Waals surface area (Å²) in [6, 6.07) is 12.0. The lowest BCUT2D eigenvalue weighted by Gasteiger charge is -2.34. The van der Waals surface area contributed by atoms with Crippen molar-refractivity contribution in [1.82, 2.24) is 4.48 Å². The Morgan fingerprint density at radius 3 is 2.39 bits per heavy atom. The predicted molar refractivity (Wildman–Crippen MR) is 139 cm³/mol. The lowest BCUT2D eigenvalue weighted by atomic mass is 9.83. The van der Waals surface area contributed by atoms with Gasteiger partial charge in [0.15, 0.2) is 5.70 Å². The number of aryl methyl sites for hydroxylation is 2. The number of halogens is 2. The van der Waals surface area contributed by atoms with E-state index in [4.69, 9.17) is 4.74 Å². The van der Waals surface area contributed by atoms with Crippen LogP contribution < -0.4 is 4.74 Å². The van der Waals surface area contributed by atoms with E-state index in [-0.39, 0.29) is 12.2 Å². The number of non-ortho nitro benzene ring substituents is 1. The van der Waals surface area contributed by atoms with E-state index in [2.05, 4.69) is 0 Å². The number of nitro groups is 2. The fraction of sp³-hybridized carbons (Fsp3) is 0.192. The van der Waals surface area contributed by atoms with Gasteiger partial charge in [0, 0.05) is 35.9 Å². The third-order valence-corrected chi connectivity index (χ3v) is 6.95. The Morgan fingerprint density at radius 2 is 1.71 bits per heavy atom. The minimum atomic E-state index is -4.14. The predicted octanol–water partition coefficient (Wildman–Crippen LogP) is 5.93. The highest BCUT2D eigenvalue weighted by Crippen LogP contribution is 2.46. The van der Waals surface area contributed by atoms with Crippen LogP contribution in [0.25, 0.3) is 5.57 Å². The monoisotopic (exact) mass is 520 g/mol. The van der Waals surface area contributed by atoms with Gasteiger partial charge in [0.2, 0.25) is 0 Å². The van der Waals surface area contributed by atoms with E-state index < -0.39 is 28.2 Å². The molecule has 194 valence electrons. The number of para-hydroxylation sites is 1. The molecule has 3 heterocycles. The van der Waals surface area contributed by atoms with Crippen molar-refractivity contribution >= 4 is 29.6 Å². The molecule has 1 aromatic heterocycles. The van der Waals surface area contributed by atoms with E-state index in [0.717, 1.165) is 15.0 Å². The summed E-state index contributed by atoms with van der Waals surface area (Å²) < 4.78 is 40.1. The summed E-state index contributed by atoms with van der Waals surface area (Å²) in [7, 11) is 0. The molecule has 12 heteroatoms. The van der Waals surface area contributed by atoms with Crippen molar-refractivity contribution in [2.75, 3.05) is 0 Å². The second-order valence-corrected chi connectivity index (χ2v) is 9.45. The molecule has 9 nitrogen and oxygen atoms in total. The lowest BCUT2D eigenvalue weighted by molar-refractivity contribution is -0.394. The van der Waals surface area contributed by atoms with Crippen LogP contribution in [0.3, 0.4) is 0 Å². The van der Waals surface area contributed by atoms with Crippen LogP contribution in [0.2, 0.25) is 0 Å². The normalized spacial score (nSPS) is 15.8. The quantitative estimate of drug-likeness (QED) is 0.228. The van der Waals surface area contributed by atoms with Crippen LogP contribution in [-0.2, 0) is 6.61 Å². The van der Waals surface area contributed by atoms with Gasteiger partial charge in [-0.15, -0.1) is 0 Å².